The number of aromatic nitrogens is 1. The van der Waals surface area contributed by atoms with E-state index in [0.29, 0.717) is 0 Å². The first kappa shape index (κ1) is 15.2. The van der Waals surface area contributed by atoms with Crippen molar-refractivity contribution in [3.8, 4) is 0 Å². The Hall–Kier alpha value is -0.810. The number of carbonyl (C=O) groups excluding carboxylic acids is 1. The molecule has 1 aromatic rings. The van der Waals surface area contributed by atoms with Gasteiger partial charge in [-0.2, -0.15) is 0 Å². The molecule has 0 atom stereocenters. The first-order valence-electron chi connectivity index (χ1n) is 6.21. The van der Waals surface area contributed by atoms with E-state index in [1.165, 1.54) is 0 Å². The van der Waals surface area contributed by atoms with Crippen molar-refractivity contribution in [2.24, 2.45) is 7.05 Å². The Morgan fingerprint density at radius 2 is 2.00 bits per heavy atom. The monoisotopic (exact) mass is 315 g/mol. The number of likely N-dealkylation sites (N-methyl/N-ethyl adjacent to an activating group) is 1. The summed E-state index contributed by atoms with van der Waals surface area (Å²) in [5.74, 6) is 0.104. The van der Waals surface area contributed by atoms with Gasteiger partial charge in [0.15, 0.2) is 0 Å². The lowest BCUT2D eigenvalue weighted by Crippen LogP contribution is -2.37. The molecule has 1 rings (SSSR count). The van der Waals surface area contributed by atoms with Crippen LogP contribution in [0.4, 0.5) is 0 Å². The van der Waals surface area contributed by atoms with Gasteiger partial charge in [0.1, 0.15) is 5.69 Å². The van der Waals surface area contributed by atoms with Gasteiger partial charge in [0.05, 0.1) is 0 Å². The Morgan fingerprint density at radius 3 is 2.44 bits per heavy atom. The second-order valence-corrected chi connectivity index (χ2v) is 5.67. The Morgan fingerprint density at radius 1 is 1.33 bits per heavy atom. The molecule has 0 aromatic carbocycles. The van der Waals surface area contributed by atoms with E-state index in [4.69, 9.17) is 0 Å². The summed E-state index contributed by atoms with van der Waals surface area (Å²) in [5, 5.41) is 0. The highest BCUT2D eigenvalue weighted by molar-refractivity contribution is 9.10. The summed E-state index contributed by atoms with van der Waals surface area (Å²) in [7, 11) is 5.94. The van der Waals surface area contributed by atoms with Gasteiger partial charge in [-0.1, -0.05) is 6.92 Å². The standard InChI is InChI=1S/C13H22BrN3O/c1-5-6-17(8-7-15(2)3)13(18)12-9-11(14)10-16(12)4/h9-10H,5-8H2,1-4H3. The number of amides is 1. The van der Waals surface area contributed by atoms with E-state index in [1.807, 2.05) is 42.9 Å². The van der Waals surface area contributed by atoms with E-state index in [9.17, 15) is 4.79 Å². The maximum atomic E-state index is 12.4. The molecule has 102 valence electrons. The molecule has 0 saturated carbocycles. The Balaban J connectivity index is 2.78. The summed E-state index contributed by atoms with van der Waals surface area (Å²) >= 11 is 3.40. The van der Waals surface area contributed by atoms with Crippen LogP contribution in [0.15, 0.2) is 16.7 Å². The highest BCUT2D eigenvalue weighted by Gasteiger charge is 2.18. The average Bonchev–Trinajstić information content (AvgIpc) is 2.62. The lowest BCUT2D eigenvalue weighted by molar-refractivity contribution is 0.0735. The largest absolute Gasteiger partial charge is 0.345 e. The van der Waals surface area contributed by atoms with Crippen molar-refractivity contribution in [1.82, 2.24) is 14.4 Å². The molecule has 0 aliphatic carbocycles. The van der Waals surface area contributed by atoms with Crippen LogP contribution < -0.4 is 0 Å². The van der Waals surface area contributed by atoms with Crippen molar-refractivity contribution in [3.05, 3.63) is 22.4 Å². The van der Waals surface area contributed by atoms with Gasteiger partial charge < -0.3 is 14.4 Å². The van der Waals surface area contributed by atoms with Gasteiger partial charge in [0, 0.05) is 37.4 Å². The Bertz CT molecular complexity index is 401. The molecule has 1 amide bonds. The summed E-state index contributed by atoms with van der Waals surface area (Å²) in [6, 6.07) is 1.88. The number of hydrogen-bond donors (Lipinski definition) is 0. The van der Waals surface area contributed by atoms with E-state index in [-0.39, 0.29) is 5.91 Å². The zero-order chi connectivity index (χ0) is 13.7. The highest BCUT2D eigenvalue weighted by Crippen LogP contribution is 2.15. The van der Waals surface area contributed by atoms with Crippen molar-refractivity contribution in [2.45, 2.75) is 13.3 Å². The predicted molar refractivity (Wildman–Crippen MR) is 77.9 cm³/mol. The van der Waals surface area contributed by atoms with Crippen LogP contribution in [0.3, 0.4) is 0 Å². The molecule has 0 aliphatic rings. The number of carbonyl (C=O) groups is 1. The molecule has 1 aromatic heterocycles. The topological polar surface area (TPSA) is 28.5 Å². The number of rotatable bonds is 6. The van der Waals surface area contributed by atoms with Gasteiger partial charge in [-0.25, -0.2) is 0 Å². The molecule has 0 unspecified atom stereocenters. The van der Waals surface area contributed by atoms with Crippen LogP contribution in [0, 0.1) is 0 Å². The molecule has 0 aliphatic heterocycles. The first-order valence-corrected chi connectivity index (χ1v) is 7.00. The molecule has 0 radical (unpaired) electrons. The van der Waals surface area contributed by atoms with Crippen molar-refractivity contribution in [3.63, 3.8) is 0 Å². The highest BCUT2D eigenvalue weighted by atomic mass is 79.9. The quantitative estimate of drug-likeness (QED) is 0.805. The summed E-state index contributed by atoms with van der Waals surface area (Å²) < 4.78 is 2.81. The van der Waals surface area contributed by atoms with Crippen LogP contribution in [0.1, 0.15) is 23.8 Å². The molecular weight excluding hydrogens is 294 g/mol. The third-order valence-electron chi connectivity index (χ3n) is 2.79. The second-order valence-electron chi connectivity index (χ2n) is 4.75. The number of halogens is 1. The van der Waals surface area contributed by atoms with Crippen LogP contribution in [0.25, 0.3) is 0 Å². The van der Waals surface area contributed by atoms with Gasteiger partial charge in [-0.05, 0) is 42.5 Å². The lowest BCUT2D eigenvalue weighted by Gasteiger charge is -2.24. The number of nitrogens with zero attached hydrogens (tertiary/aromatic N) is 3. The van der Waals surface area contributed by atoms with Crippen LogP contribution in [0.5, 0.6) is 0 Å². The molecule has 0 fully saturated rings. The van der Waals surface area contributed by atoms with Crippen LogP contribution in [-0.2, 0) is 7.05 Å². The number of aryl methyl sites for hydroxylation is 1. The number of hydrogen-bond acceptors (Lipinski definition) is 2. The van der Waals surface area contributed by atoms with Crippen LogP contribution in [-0.4, -0.2) is 54.0 Å². The second kappa shape index (κ2) is 6.95. The third-order valence-corrected chi connectivity index (χ3v) is 3.22. The zero-order valence-corrected chi connectivity index (χ0v) is 13.2. The summed E-state index contributed by atoms with van der Waals surface area (Å²) in [6.07, 6.45) is 2.88. The normalized spacial score (nSPS) is 11.0. The fraction of sp³-hybridized carbons (Fsp3) is 0.615. The predicted octanol–water partition coefficient (Wildman–Crippen LogP) is 2.20. The Kier molecular flexibility index (Phi) is 5.88. The molecule has 5 heteroatoms. The molecule has 0 spiro atoms. The fourth-order valence-corrected chi connectivity index (χ4v) is 2.33. The van der Waals surface area contributed by atoms with Crippen LogP contribution >= 0.6 is 15.9 Å². The minimum absolute atomic E-state index is 0.104. The van der Waals surface area contributed by atoms with Crippen molar-refractivity contribution >= 4 is 21.8 Å². The maximum Gasteiger partial charge on any atom is 0.270 e. The summed E-state index contributed by atoms with van der Waals surface area (Å²) in [5.41, 5.74) is 0.731. The molecule has 4 nitrogen and oxygen atoms in total. The van der Waals surface area contributed by atoms with Gasteiger partial charge in [0.25, 0.3) is 5.91 Å². The molecule has 0 N–H and O–H groups in total. The summed E-state index contributed by atoms with van der Waals surface area (Å²) in [4.78, 5) is 16.5. The van der Waals surface area contributed by atoms with Crippen molar-refractivity contribution in [2.75, 3.05) is 33.7 Å². The minimum atomic E-state index is 0.104. The smallest absolute Gasteiger partial charge is 0.270 e. The maximum absolute atomic E-state index is 12.4. The van der Waals surface area contributed by atoms with Gasteiger partial charge in [0.2, 0.25) is 0 Å². The van der Waals surface area contributed by atoms with E-state index in [2.05, 4.69) is 27.8 Å². The first-order chi connectivity index (χ1) is 8.45. The molecule has 18 heavy (non-hydrogen) atoms. The average molecular weight is 316 g/mol. The van der Waals surface area contributed by atoms with E-state index >= 15 is 0 Å². The molecule has 0 bridgehead atoms. The zero-order valence-electron chi connectivity index (χ0n) is 11.6. The third kappa shape index (κ3) is 4.14. The van der Waals surface area contributed by atoms with Crippen molar-refractivity contribution in [1.29, 1.82) is 0 Å². The van der Waals surface area contributed by atoms with E-state index in [1.54, 1.807) is 0 Å². The van der Waals surface area contributed by atoms with Gasteiger partial charge >= 0.3 is 0 Å². The minimum Gasteiger partial charge on any atom is -0.345 e. The van der Waals surface area contributed by atoms with E-state index < -0.39 is 0 Å². The molecular formula is C13H22BrN3O. The summed E-state index contributed by atoms with van der Waals surface area (Å²) in [6.45, 7) is 4.55. The SMILES string of the molecule is CCCN(CCN(C)C)C(=O)c1cc(Br)cn1C. The van der Waals surface area contributed by atoms with Crippen molar-refractivity contribution < 1.29 is 4.79 Å². The lowest BCUT2D eigenvalue weighted by atomic mass is 10.3. The van der Waals surface area contributed by atoms with E-state index in [0.717, 1.165) is 36.2 Å². The Labute approximate surface area is 118 Å². The van der Waals surface area contributed by atoms with Gasteiger partial charge in [-0.15, -0.1) is 0 Å². The van der Waals surface area contributed by atoms with Gasteiger partial charge in [-0.3, -0.25) is 4.79 Å². The molecule has 0 saturated heterocycles. The van der Waals surface area contributed by atoms with Crippen LogP contribution in [0.2, 0.25) is 0 Å². The molecule has 1 heterocycles. The fourth-order valence-electron chi connectivity index (χ4n) is 1.80.